The van der Waals surface area contributed by atoms with Gasteiger partial charge in [0.15, 0.2) is 0 Å². The van der Waals surface area contributed by atoms with E-state index in [0.29, 0.717) is 11.6 Å². The maximum Gasteiger partial charge on any atom is 0.121 e. The molecule has 0 heterocycles. The molecule has 3 rings (SSSR count). The van der Waals surface area contributed by atoms with Crippen LogP contribution in [0.25, 0.3) is 0 Å². The Bertz CT molecular complexity index is 483. The van der Waals surface area contributed by atoms with E-state index in [1.54, 1.807) is 12.1 Å². The molecule has 2 aliphatic carbocycles. The predicted molar refractivity (Wildman–Crippen MR) is 76.5 cm³/mol. The number of fused-ring (bicyclic) bond motifs is 1. The summed E-state index contributed by atoms with van der Waals surface area (Å²) in [7, 11) is 0. The highest BCUT2D eigenvalue weighted by atomic mass is 16.3. The highest BCUT2D eigenvalue weighted by Crippen LogP contribution is 2.36. The van der Waals surface area contributed by atoms with Gasteiger partial charge in [-0.2, -0.15) is 0 Å². The molecule has 1 aromatic rings. The van der Waals surface area contributed by atoms with E-state index < -0.39 is 6.10 Å². The zero-order chi connectivity index (χ0) is 14.1. The number of rotatable bonds is 3. The highest BCUT2D eigenvalue weighted by molar-refractivity contribution is 5.46. The first kappa shape index (κ1) is 13.9. The molecule has 0 aromatic heterocycles. The van der Waals surface area contributed by atoms with Crippen LogP contribution in [0.3, 0.4) is 0 Å². The van der Waals surface area contributed by atoms with Crippen molar-refractivity contribution in [2.45, 2.75) is 63.3 Å². The average Bonchev–Trinajstić information content (AvgIpc) is 2.95. The molecule has 4 nitrogen and oxygen atoms in total. The molecular formula is C16H23NO3. The van der Waals surface area contributed by atoms with Crippen LogP contribution < -0.4 is 5.32 Å². The molecular weight excluding hydrogens is 254 g/mol. The fraction of sp³-hybridized carbons (Fsp3) is 0.625. The quantitative estimate of drug-likeness (QED) is 0.679. The summed E-state index contributed by atoms with van der Waals surface area (Å²) < 4.78 is 0. The average molecular weight is 277 g/mol. The van der Waals surface area contributed by atoms with Crippen molar-refractivity contribution in [2.24, 2.45) is 0 Å². The molecule has 1 unspecified atom stereocenters. The lowest BCUT2D eigenvalue weighted by atomic mass is 9.82. The van der Waals surface area contributed by atoms with Crippen LogP contribution in [0.15, 0.2) is 12.1 Å². The molecule has 2 aliphatic rings. The molecule has 1 fully saturated rings. The monoisotopic (exact) mass is 277 g/mol. The van der Waals surface area contributed by atoms with E-state index in [-0.39, 0.29) is 18.4 Å². The number of aliphatic hydroxyl groups is 2. The fourth-order valence-corrected chi connectivity index (χ4v) is 3.69. The second-order valence-corrected chi connectivity index (χ2v) is 6.03. The number of phenols is 1. The Kier molecular flexibility index (Phi) is 3.96. The standard InChI is InChI=1S/C16H23NO3/c18-9-13-11-5-7-14(17-10-3-1-2-4-10)16(20)12(11)6-8-15(13)19/h6,8,10,14,16-20H,1-5,7,9H2/t14-,16?/m1/s1. The summed E-state index contributed by atoms with van der Waals surface area (Å²) in [6, 6.07) is 3.98. The molecule has 0 bridgehead atoms. The second kappa shape index (κ2) is 5.72. The zero-order valence-corrected chi connectivity index (χ0v) is 11.7. The van der Waals surface area contributed by atoms with Crippen LogP contribution in [0.5, 0.6) is 5.75 Å². The lowest BCUT2D eigenvalue weighted by Crippen LogP contribution is -2.43. The van der Waals surface area contributed by atoms with Crippen molar-refractivity contribution in [2.75, 3.05) is 0 Å². The normalized spacial score (nSPS) is 26.7. The fourth-order valence-electron chi connectivity index (χ4n) is 3.69. The third kappa shape index (κ3) is 2.43. The van der Waals surface area contributed by atoms with Gasteiger partial charge >= 0.3 is 0 Å². The zero-order valence-electron chi connectivity index (χ0n) is 11.7. The molecule has 1 saturated carbocycles. The first-order chi connectivity index (χ1) is 9.70. The van der Waals surface area contributed by atoms with Crippen molar-refractivity contribution in [3.8, 4) is 5.75 Å². The highest BCUT2D eigenvalue weighted by Gasteiger charge is 2.31. The number of aromatic hydroxyl groups is 1. The molecule has 2 atom stereocenters. The molecule has 0 amide bonds. The van der Waals surface area contributed by atoms with Gasteiger partial charge in [-0.1, -0.05) is 18.9 Å². The van der Waals surface area contributed by atoms with Crippen molar-refractivity contribution >= 4 is 0 Å². The van der Waals surface area contributed by atoms with E-state index in [9.17, 15) is 15.3 Å². The first-order valence-corrected chi connectivity index (χ1v) is 7.59. The summed E-state index contributed by atoms with van der Waals surface area (Å²) in [6.45, 7) is -0.178. The van der Waals surface area contributed by atoms with Crippen LogP contribution in [0.4, 0.5) is 0 Å². The van der Waals surface area contributed by atoms with E-state index in [1.165, 1.54) is 25.7 Å². The Labute approximate surface area is 119 Å². The van der Waals surface area contributed by atoms with Crippen molar-refractivity contribution in [1.29, 1.82) is 0 Å². The minimum atomic E-state index is -0.551. The van der Waals surface area contributed by atoms with Gasteiger partial charge in [0.1, 0.15) is 5.75 Å². The molecule has 1 aromatic carbocycles. The van der Waals surface area contributed by atoms with Gasteiger partial charge in [0.2, 0.25) is 0 Å². The molecule has 0 spiro atoms. The third-order valence-electron chi connectivity index (χ3n) is 4.81. The lowest BCUT2D eigenvalue weighted by molar-refractivity contribution is 0.107. The van der Waals surface area contributed by atoms with E-state index >= 15 is 0 Å². The molecule has 20 heavy (non-hydrogen) atoms. The van der Waals surface area contributed by atoms with Gasteiger partial charge < -0.3 is 20.6 Å². The molecule has 0 radical (unpaired) electrons. The molecule has 0 saturated heterocycles. The second-order valence-electron chi connectivity index (χ2n) is 6.03. The minimum absolute atomic E-state index is 0.0849. The van der Waals surface area contributed by atoms with Crippen LogP contribution in [0.1, 0.15) is 54.9 Å². The Balaban J connectivity index is 1.81. The van der Waals surface area contributed by atoms with Crippen LogP contribution in [-0.4, -0.2) is 27.4 Å². The Morgan fingerprint density at radius 1 is 1.15 bits per heavy atom. The van der Waals surface area contributed by atoms with Crippen molar-refractivity contribution in [3.05, 3.63) is 28.8 Å². The van der Waals surface area contributed by atoms with Gasteiger partial charge in [-0.3, -0.25) is 0 Å². The predicted octanol–water partition coefficient (Wildman–Crippen LogP) is 1.76. The molecule has 4 N–H and O–H groups in total. The summed E-state index contributed by atoms with van der Waals surface area (Å²) in [5.74, 6) is 0.126. The van der Waals surface area contributed by atoms with E-state index in [1.807, 2.05) is 0 Å². The molecule has 110 valence electrons. The largest absolute Gasteiger partial charge is 0.508 e. The number of hydrogen-bond acceptors (Lipinski definition) is 4. The van der Waals surface area contributed by atoms with Gasteiger partial charge in [-0.15, -0.1) is 0 Å². The van der Waals surface area contributed by atoms with Gasteiger partial charge in [-0.05, 0) is 42.9 Å². The van der Waals surface area contributed by atoms with E-state index in [0.717, 1.165) is 24.0 Å². The summed E-state index contributed by atoms with van der Waals surface area (Å²) in [5, 5.41) is 33.3. The van der Waals surface area contributed by atoms with Crippen LogP contribution in [-0.2, 0) is 13.0 Å². The number of aliphatic hydroxyl groups excluding tert-OH is 2. The van der Waals surface area contributed by atoms with E-state index in [4.69, 9.17) is 0 Å². The minimum Gasteiger partial charge on any atom is -0.508 e. The first-order valence-electron chi connectivity index (χ1n) is 7.59. The lowest BCUT2D eigenvalue weighted by Gasteiger charge is -2.34. The summed E-state index contributed by atoms with van der Waals surface area (Å²) in [5.41, 5.74) is 2.35. The molecule has 0 aliphatic heterocycles. The number of hydrogen-bond donors (Lipinski definition) is 4. The molecule has 4 heteroatoms. The maximum absolute atomic E-state index is 10.6. The number of benzene rings is 1. The topological polar surface area (TPSA) is 72.7 Å². The Morgan fingerprint density at radius 3 is 2.60 bits per heavy atom. The smallest absolute Gasteiger partial charge is 0.121 e. The van der Waals surface area contributed by atoms with Crippen molar-refractivity contribution in [1.82, 2.24) is 5.32 Å². The third-order valence-corrected chi connectivity index (χ3v) is 4.81. The Hall–Kier alpha value is -1.10. The van der Waals surface area contributed by atoms with Crippen LogP contribution >= 0.6 is 0 Å². The van der Waals surface area contributed by atoms with Crippen molar-refractivity contribution in [3.63, 3.8) is 0 Å². The van der Waals surface area contributed by atoms with Crippen LogP contribution in [0.2, 0.25) is 0 Å². The number of nitrogens with one attached hydrogen (secondary N) is 1. The van der Waals surface area contributed by atoms with Crippen molar-refractivity contribution < 1.29 is 15.3 Å². The Morgan fingerprint density at radius 2 is 1.90 bits per heavy atom. The van der Waals surface area contributed by atoms with Gasteiger partial charge in [0, 0.05) is 17.6 Å². The summed E-state index contributed by atoms with van der Waals surface area (Å²) in [4.78, 5) is 0. The summed E-state index contributed by atoms with van der Waals surface area (Å²) >= 11 is 0. The van der Waals surface area contributed by atoms with Gasteiger partial charge in [-0.25, -0.2) is 0 Å². The summed E-state index contributed by atoms with van der Waals surface area (Å²) in [6.07, 6.45) is 6.05. The van der Waals surface area contributed by atoms with E-state index in [2.05, 4.69) is 5.32 Å². The van der Waals surface area contributed by atoms with Gasteiger partial charge in [0.25, 0.3) is 0 Å². The van der Waals surface area contributed by atoms with Gasteiger partial charge in [0.05, 0.1) is 12.7 Å². The SMILES string of the molecule is OCc1c(O)ccc2c1CC[C@@H](NC1CCCC1)C2O. The maximum atomic E-state index is 10.6. The van der Waals surface area contributed by atoms with Crippen LogP contribution in [0, 0.1) is 0 Å².